The molecular weight excluding hydrogens is 324 g/mol. The second kappa shape index (κ2) is 10.9. The number of hydrogen-bond acceptors (Lipinski definition) is 4. The summed E-state index contributed by atoms with van der Waals surface area (Å²) in [5, 5.41) is 6.36. The molecule has 0 amide bonds. The first kappa shape index (κ1) is 19.3. The molecule has 0 unspecified atom stereocenters. The number of aliphatic imine (C=N–C) groups is 1. The summed E-state index contributed by atoms with van der Waals surface area (Å²) >= 11 is 1.75. The molecule has 1 aromatic rings. The fraction of sp³-hybridized carbons (Fsp3) is 0.533. The summed E-state index contributed by atoms with van der Waals surface area (Å²) in [4.78, 5) is 4.12. The van der Waals surface area contributed by atoms with Gasteiger partial charge in [-0.05, 0) is 30.4 Å². The molecule has 0 atom stereocenters. The van der Waals surface area contributed by atoms with Crippen LogP contribution >= 0.6 is 11.8 Å². The summed E-state index contributed by atoms with van der Waals surface area (Å²) in [6.45, 7) is -1.42. The molecule has 2 N–H and O–H groups in total. The number of methoxy groups -OCH3 is 1. The molecule has 130 valence electrons. The number of halogens is 2. The van der Waals surface area contributed by atoms with Gasteiger partial charge in [0.25, 0.3) is 0 Å². The lowest BCUT2D eigenvalue weighted by Gasteiger charge is -2.13. The van der Waals surface area contributed by atoms with E-state index < -0.39 is 6.61 Å². The van der Waals surface area contributed by atoms with Crippen LogP contribution in [0.15, 0.2) is 23.2 Å². The van der Waals surface area contributed by atoms with E-state index in [1.165, 1.54) is 7.11 Å². The molecule has 0 saturated carbocycles. The minimum absolute atomic E-state index is 0.0440. The monoisotopic (exact) mass is 347 g/mol. The predicted octanol–water partition coefficient (Wildman–Crippen LogP) is 2.37. The summed E-state index contributed by atoms with van der Waals surface area (Å²) in [6.07, 6.45) is 2.69. The molecule has 0 aliphatic carbocycles. The van der Waals surface area contributed by atoms with Crippen molar-refractivity contribution >= 4 is 17.7 Å². The highest BCUT2D eigenvalue weighted by atomic mass is 32.2. The fourth-order valence-electron chi connectivity index (χ4n) is 1.88. The van der Waals surface area contributed by atoms with Crippen molar-refractivity contribution in [3.05, 3.63) is 23.8 Å². The molecule has 0 aliphatic heterocycles. The van der Waals surface area contributed by atoms with E-state index in [4.69, 9.17) is 4.74 Å². The minimum atomic E-state index is -2.88. The molecule has 0 radical (unpaired) electrons. The summed E-state index contributed by atoms with van der Waals surface area (Å²) in [6, 6.07) is 5.01. The Labute approximate surface area is 139 Å². The van der Waals surface area contributed by atoms with Gasteiger partial charge in [-0.1, -0.05) is 6.07 Å². The number of rotatable bonds is 9. The van der Waals surface area contributed by atoms with Crippen molar-refractivity contribution in [1.82, 2.24) is 10.6 Å². The fourth-order valence-corrected chi connectivity index (χ4v) is 2.19. The Kier molecular flexibility index (Phi) is 9.20. The highest BCUT2D eigenvalue weighted by Crippen LogP contribution is 2.29. The lowest BCUT2D eigenvalue weighted by atomic mass is 10.1. The topological polar surface area (TPSA) is 54.9 Å². The summed E-state index contributed by atoms with van der Waals surface area (Å²) < 4.78 is 34.3. The maximum Gasteiger partial charge on any atom is 0.387 e. The number of alkyl halides is 2. The third-order valence-corrected chi connectivity index (χ3v) is 3.58. The van der Waals surface area contributed by atoms with Crippen LogP contribution in [0, 0.1) is 0 Å². The molecule has 0 bridgehead atoms. The van der Waals surface area contributed by atoms with Gasteiger partial charge in [-0.15, -0.1) is 0 Å². The predicted molar refractivity (Wildman–Crippen MR) is 91.1 cm³/mol. The van der Waals surface area contributed by atoms with Crippen molar-refractivity contribution in [3.8, 4) is 11.5 Å². The second-order valence-corrected chi connectivity index (χ2v) is 5.52. The zero-order valence-corrected chi connectivity index (χ0v) is 14.4. The number of nitrogens with one attached hydrogen (secondary N) is 2. The van der Waals surface area contributed by atoms with Crippen LogP contribution in [0.5, 0.6) is 11.5 Å². The van der Waals surface area contributed by atoms with Gasteiger partial charge in [0.2, 0.25) is 0 Å². The average Bonchev–Trinajstić information content (AvgIpc) is 2.53. The number of guanidine groups is 1. The Balaban J connectivity index is 2.53. The van der Waals surface area contributed by atoms with E-state index in [1.54, 1.807) is 30.9 Å². The number of hydrogen-bond donors (Lipinski definition) is 2. The van der Waals surface area contributed by atoms with Crippen LogP contribution in [0.1, 0.15) is 5.56 Å². The van der Waals surface area contributed by atoms with Gasteiger partial charge in [0, 0.05) is 25.9 Å². The highest BCUT2D eigenvalue weighted by Gasteiger charge is 2.11. The molecule has 0 saturated heterocycles. The zero-order chi connectivity index (χ0) is 17.1. The normalized spacial score (nSPS) is 11.5. The number of thioether (sulfide) groups is 1. The average molecular weight is 347 g/mol. The Hall–Kier alpha value is -1.70. The third kappa shape index (κ3) is 7.40. The molecule has 0 fully saturated rings. The third-order valence-electron chi connectivity index (χ3n) is 2.97. The number of nitrogens with zero attached hydrogens (tertiary/aromatic N) is 1. The molecule has 1 rings (SSSR count). The van der Waals surface area contributed by atoms with Gasteiger partial charge in [0.1, 0.15) is 0 Å². The van der Waals surface area contributed by atoms with Gasteiger partial charge in [-0.2, -0.15) is 20.5 Å². The molecule has 1 aromatic carbocycles. The SMILES string of the molecule is CN=C(NCCSC)NCCc1ccc(OC)c(OC(F)F)c1. The summed E-state index contributed by atoms with van der Waals surface area (Å²) in [7, 11) is 3.12. The van der Waals surface area contributed by atoms with Gasteiger partial charge in [0.15, 0.2) is 17.5 Å². The van der Waals surface area contributed by atoms with Gasteiger partial charge in [-0.25, -0.2) is 0 Å². The van der Waals surface area contributed by atoms with E-state index >= 15 is 0 Å². The van der Waals surface area contributed by atoms with Gasteiger partial charge >= 0.3 is 6.61 Å². The highest BCUT2D eigenvalue weighted by molar-refractivity contribution is 7.98. The van der Waals surface area contributed by atoms with E-state index in [1.807, 2.05) is 12.3 Å². The van der Waals surface area contributed by atoms with Crippen molar-refractivity contribution in [2.45, 2.75) is 13.0 Å². The van der Waals surface area contributed by atoms with E-state index in [0.29, 0.717) is 13.0 Å². The van der Waals surface area contributed by atoms with Gasteiger partial charge < -0.3 is 20.1 Å². The molecule has 0 aromatic heterocycles. The summed E-state index contributed by atoms with van der Waals surface area (Å²) in [5.74, 6) is 2.05. The van der Waals surface area contributed by atoms with E-state index in [-0.39, 0.29) is 11.5 Å². The lowest BCUT2D eigenvalue weighted by Crippen LogP contribution is -2.39. The van der Waals surface area contributed by atoms with Crippen molar-refractivity contribution in [1.29, 1.82) is 0 Å². The molecule has 0 spiro atoms. The number of benzene rings is 1. The van der Waals surface area contributed by atoms with Crippen LogP contribution in [-0.2, 0) is 6.42 Å². The zero-order valence-electron chi connectivity index (χ0n) is 13.6. The van der Waals surface area contributed by atoms with Crippen LogP contribution in [0.2, 0.25) is 0 Å². The van der Waals surface area contributed by atoms with Crippen LogP contribution < -0.4 is 20.1 Å². The van der Waals surface area contributed by atoms with E-state index in [0.717, 1.165) is 23.8 Å². The maximum absolute atomic E-state index is 12.4. The smallest absolute Gasteiger partial charge is 0.387 e. The lowest BCUT2D eigenvalue weighted by molar-refractivity contribution is -0.0512. The van der Waals surface area contributed by atoms with Crippen LogP contribution in [-0.4, -0.2) is 51.8 Å². The largest absolute Gasteiger partial charge is 0.493 e. The Morgan fingerprint density at radius 3 is 2.61 bits per heavy atom. The van der Waals surface area contributed by atoms with Crippen molar-refractivity contribution < 1.29 is 18.3 Å². The minimum Gasteiger partial charge on any atom is -0.493 e. The van der Waals surface area contributed by atoms with E-state index in [2.05, 4.69) is 20.4 Å². The quantitative estimate of drug-likeness (QED) is 0.408. The second-order valence-electron chi connectivity index (χ2n) is 4.53. The van der Waals surface area contributed by atoms with E-state index in [9.17, 15) is 8.78 Å². The van der Waals surface area contributed by atoms with Gasteiger partial charge in [-0.3, -0.25) is 4.99 Å². The van der Waals surface area contributed by atoms with Crippen molar-refractivity contribution in [2.75, 3.05) is 39.3 Å². The Morgan fingerprint density at radius 2 is 2.00 bits per heavy atom. The van der Waals surface area contributed by atoms with Crippen LogP contribution in [0.4, 0.5) is 8.78 Å². The molecule has 23 heavy (non-hydrogen) atoms. The van der Waals surface area contributed by atoms with Crippen molar-refractivity contribution in [2.24, 2.45) is 4.99 Å². The van der Waals surface area contributed by atoms with Crippen LogP contribution in [0.3, 0.4) is 0 Å². The molecule has 0 heterocycles. The van der Waals surface area contributed by atoms with Crippen LogP contribution in [0.25, 0.3) is 0 Å². The maximum atomic E-state index is 12.4. The molecule has 8 heteroatoms. The first-order valence-electron chi connectivity index (χ1n) is 7.16. The Bertz CT molecular complexity index is 502. The van der Waals surface area contributed by atoms with Gasteiger partial charge in [0.05, 0.1) is 7.11 Å². The first-order chi connectivity index (χ1) is 11.1. The standard InChI is InChI=1S/C15H23F2N3O2S/c1-18-15(20-8-9-23-3)19-7-6-11-4-5-12(21-2)13(10-11)22-14(16)17/h4-5,10,14H,6-9H2,1-3H3,(H2,18,19,20). The molecule has 5 nitrogen and oxygen atoms in total. The Morgan fingerprint density at radius 1 is 1.26 bits per heavy atom. The van der Waals surface area contributed by atoms with Crippen molar-refractivity contribution in [3.63, 3.8) is 0 Å². The summed E-state index contributed by atoms with van der Waals surface area (Å²) in [5.41, 5.74) is 0.869. The molecular formula is C15H23F2N3O2S. The number of ether oxygens (including phenoxy) is 2. The molecule has 0 aliphatic rings. The first-order valence-corrected chi connectivity index (χ1v) is 8.55.